The van der Waals surface area contributed by atoms with Crippen LogP contribution in [0.15, 0.2) is 0 Å². The Morgan fingerprint density at radius 3 is 2.46 bits per heavy atom. The van der Waals surface area contributed by atoms with Crippen LogP contribution in [0.2, 0.25) is 0 Å². The molecule has 2 heterocycles. The molecule has 0 bridgehead atoms. The zero-order chi connectivity index (χ0) is 9.26. The molecule has 0 aliphatic carbocycles. The molecule has 76 valence electrons. The van der Waals surface area contributed by atoms with Gasteiger partial charge in [0, 0.05) is 18.6 Å². The van der Waals surface area contributed by atoms with Gasteiger partial charge in [0.2, 0.25) is 0 Å². The van der Waals surface area contributed by atoms with Gasteiger partial charge in [0.1, 0.15) is 0 Å². The lowest BCUT2D eigenvalue weighted by atomic mass is 10.2. The smallest absolute Gasteiger partial charge is 0.0220 e. The van der Waals surface area contributed by atoms with Crippen molar-refractivity contribution in [2.24, 2.45) is 0 Å². The third-order valence-electron chi connectivity index (χ3n) is 3.81. The Balaban J connectivity index is 1.82. The lowest BCUT2D eigenvalue weighted by molar-refractivity contribution is 0.188. The predicted octanol–water partition coefficient (Wildman–Crippen LogP) is 1.56. The Labute approximate surface area is 81.9 Å². The summed E-state index contributed by atoms with van der Waals surface area (Å²) in [5.41, 5.74) is 0. The molecule has 0 radical (unpaired) electrons. The molecule has 2 aliphatic heterocycles. The van der Waals surface area contributed by atoms with Crippen LogP contribution in [0.4, 0.5) is 0 Å². The van der Waals surface area contributed by atoms with Gasteiger partial charge in [-0.25, -0.2) is 0 Å². The third-order valence-corrected chi connectivity index (χ3v) is 3.81. The minimum Gasteiger partial charge on any atom is -0.302 e. The summed E-state index contributed by atoms with van der Waals surface area (Å²) < 4.78 is 0. The highest BCUT2D eigenvalue weighted by Gasteiger charge is 2.27. The van der Waals surface area contributed by atoms with Crippen LogP contribution in [0.1, 0.15) is 32.6 Å². The first kappa shape index (κ1) is 9.47. The van der Waals surface area contributed by atoms with E-state index in [2.05, 4.69) is 23.8 Å². The molecule has 1 unspecified atom stereocenters. The summed E-state index contributed by atoms with van der Waals surface area (Å²) in [7, 11) is 2.28. The molecule has 0 amide bonds. The van der Waals surface area contributed by atoms with Crippen molar-refractivity contribution >= 4 is 0 Å². The normalized spacial score (nSPS) is 37.4. The number of hydrogen-bond acceptors (Lipinski definition) is 2. The first-order valence-corrected chi connectivity index (χ1v) is 5.71. The van der Waals surface area contributed by atoms with Crippen molar-refractivity contribution in [1.82, 2.24) is 9.80 Å². The van der Waals surface area contributed by atoms with Gasteiger partial charge in [-0.2, -0.15) is 0 Å². The maximum absolute atomic E-state index is 2.67. The van der Waals surface area contributed by atoms with Crippen molar-refractivity contribution in [3.05, 3.63) is 0 Å². The van der Waals surface area contributed by atoms with E-state index in [9.17, 15) is 0 Å². The molecule has 13 heavy (non-hydrogen) atoms. The molecule has 0 aromatic heterocycles. The summed E-state index contributed by atoms with van der Waals surface area (Å²) in [5.74, 6) is 0. The molecule has 2 rings (SSSR count). The van der Waals surface area contributed by atoms with Crippen LogP contribution in [0.5, 0.6) is 0 Å². The van der Waals surface area contributed by atoms with Gasteiger partial charge in [-0.15, -0.1) is 0 Å². The third kappa shape index (κ3) is 2.05. The number of hydrogen-bond donors (Lipinski definition) is 0. The summed E-state index contributed by atoms with van der Waals surface area (Å²) in [6, 6.07) is 1.69. The molecular formula is C11H22N2. The van der Waals surface area contributed by atoms with E-state index in [0.29, 0.717) is 0 Å². The molecule has 2 aliphatic rings. The minimum absolute atomic E-state index is 0.842. The first-order valence-electron chi connectivity index (χ1n) is 5.71. The van der Waals surface area contributed by atoms with Crippen LogP contribution < -0.4 is 0 Å². The van der Waals surface area contributed by atoms with Crippen molar-refractivity contribution in [3.8, 4) is 0 Å². The number of likely N-dealkylation sites (tertiary alicyclic amines) is 2. The SMILES string of the molecule is CC1CCCN1C[C@@H]1CCCN1C. The molecule has 0 spiro atoms. The van der Waals surface area contributed by atoms with Crippen LogP contribution in [0.3, 0.4) is 0 Å². The fraction of sp³-hybridized carbons (Fsp3) is 1.00. The molecular weight excluding hydrogens is 160 g/mol. The van der Waals surface area contributed by atoms with Crippen molar-refractivity contribution in [1.29, 1.82) is 0 Å². The van der Waals surface area contributed by atoms with Crippen molar-refractivity contribution in [2.45, 2.75) is 44.7 Å². The van der Waals surface area contributed by atoms with Crippen LogP contribution in [0, 0.1) is 0 Å². The van der Waals surface area contributed by atoms with Gasteiger partial charge in [0.15, 0.2) is 0 Å². The molecule has 0 aromatic rings. The lowest BCUT2D eigenvalue weighted by Gasteiger charge is -2.28. The quantitative estimate of drug-likeness (QED) is 0.639. The van der Waals surface area contributed by atoms with E-state index in [0.717, 1.165) is 12.1 Å². The Morgan fingerprint density at radius 2 is 1.92 bits per heavy atom. The van der Waals surface area contributed by atoms with Gasteiger partial charge in [0.25, 0.3) is 0 Å². The van der Waals surface area contributed by atoms with E-state index in [4.69, 9.17) is 0 Å². The monoisotopic (exact) mass is 182 g/mol. The van der Waals surface area contributed by atoms with E-state index in [1.165, 1.54) is 45.3 Å². The highest BCUT2D eigenvalue weighted by molar-refractivity contribution is 4.84. The maximum Gasteiger partial charge on any atom is 0.0220 e. The number of rotatable bonds is 2. The van der Waals surface area contributed by atoms with Crippen LogP contribution >= 0.6 is 0 Å². The Morgan fingerprint density at radius 1 is 1.15 bits per heavy atom. The highest BCUT2D eigenvalue weighted by Crippen LogP contribution is 2.21. The molecule has 2 fully saturated rings. The molecule has 2 heteroatoms. The second-order valence-corrected chi connectivity index (χ2v) is 4.76. The fourth-order valence-corrected chi connectivity index (χ4v) is 2.74. The minimum atomic E-state index is 0.842. The molecule has 2 atom stereocenters. The fourth-order valence-electron chi connectivity index (χ4n) is 2.74. The van der Waals surface area contributed by atoms with E-state index in [1.54, 1.807) is 0 Å². The van der Waals surface area contributed by atoms with Crippen LogP contribution in [0.25, 0.3) is 0 Å². The predicted molar refractivity (Wildman–Crippen MR) is 55.9 cm³/mol. The van der Waals surface area contributed by atoms with Crippen molar-refractivity contribution in [3.63, 3.8) is 0 Å². The number of nitrogens with zero attached hydrogens (tertiary/aromatic N) is 2. The maximum atomic E-state index is 2.67. The second-order valence-electron chi connectivity index (χ2n) is 4.76. The summed E-state index contributed by atoms with van der Waals surface area (Å²) in [5, 5.41) is 0. The summed E-state index contributed by atoms with van der Waals surface area (Å²) in [4.78, 5) is 5.21. The van der Waals surface area contributed by atoms with Crippen LogP contribution in [-0.2, 0) is 0 Å². The van der Waals surface area contributed by atoms with E-state index < -0.39 is 0 Å². The van der Waals surface area contributed by atoms with E-state index in [-0.39, 0.29) is 0 Å². The van der Waals surface area contributed by atoms with Gasteiger partial charge in [-0.1, -0.05) is 0 Å². The highest BCUT2D eigenvalue weighted by atomic mass is 15.2. The zero-order valence-electron chi connectivity index (χ0n) is 9.00. The second kappa shape index (κ2) is 3.97. The summed E-state index contributed by atoms with van der Waals surface area (Å²) in [6.45, 7) is 6.35. The zero-order valence-corrected chi connectivity index (χ0v) is 9.00. The topological polar surface area (TPSA) is 6.48 Å². The van der Waals surface area contributed by atoms with Gasteiger partial charge < -0.3 is 4.90 Å². The summed E-state index contributed by atoms with van der Waals surface area (Å²) >= 11 is 0. The van der Waals surface area contributed by atoms with E-state index >= 15 is 0 Å². The summed E-state index contributed by atoms with van der Waals surface area (Å²) in [6.07, 6.45) is 5.65. The molecule has 2 saturated heterocycles. The Hall–Kier alpha value is -0.0800. The first-order chi connectivity index (χ1) is 6.27. The lowest BCUT2D eigenvalue weighted by Crippen LogP contribution is -2.39. The molecule has 0 N–H and O–H groups in total. The van der Waals surface area contributed by atoms with Crippen molar-refractivity contribution < 1.29 is 0 Å². The molecule has 0 aromatic carbocycles. The van der Waals surface area contributed by atoms with Gasteiger partial charge >= 0.3 is 0 Å². The van der Waals surface area contributed by atoms with Crippen molar-refractivity contribution in [2.75, 3.05) is 26.7 Å². The van der Waals surface area contributed by atoms with Gasteiger partial charge in [0.05, 0.1) is 0 Å². The van der Waals surface area contributed by atoms with Gasteiger partial charge in [-0.3, -0.25) is 4.90 Å². The average Bonchev–Trinajstić information content (AvgIpc) is 2.65. The Kier molecular flexibility index (Phi) is 2.89. The number of likely N-dealkylation sites (N-methyl/N-ethyl adjacent to an activating group) is 1. The van der Waals surface area contributed by atoms with Crippen LogP contribution in [-0.4, -0.2) is 48.6 Å². The standard InChI is InChI=1S/C11H22N2/c1-10-5-3-8-13(10)9-11-6-4-7-12(11)2/h10-11H,3-9H2,1-2H3/t10?,11-/m0/s1. The van der Waals surface area contributed by atoms with E-state index in [1.807, 2.05) is 0 Å². The largest absolute Gasteiger partial charge is 0.302 e. The molecule has 0 saturated carbocycles. The van der Waals surface area contributed by atoms with Gasteiger partial charge in [-0.05, 0) is 52.7 Å². The average molecular weight is 182 g/mol. The Bertz CT molecular complexity index is 151. The molecule has 2 nitrogen and oxygen atoms in total.